The highest BCUT2D eigenvalue weighted by Crippen LogP contribution is 2.29. The summed E-state index contributed by atoms with van der Waals surface area (Å²) in [6.45, 7) is 12.1. The molecule has 6 rings (SSSR count). The summed E-state index contributed by atoms with van der Waals surface area (Å²) in [5.41, 5.74) is 4.24. The van der Waals surface area contributed by atoms with Crippen molar-refractivity contribution >= 4 is 45.2 Å². The fourth-order valence-electron chi connectivity index (χ4n) is 5.05. The molecule has 0 saturated carbocycles. The predicted molar refractivity (Wildman–Crippen MR) is 204 cm³/mol. The molecule has 11 nitrogen and oxygen atoms in total. The van der Waals surface area contributed by atoms with Crippen LogP contribution in [0.4, 0.5) is 0 Å². The van der Waals surface area contributed by atoms with Crippen LogP contribution in [0, 0.1) is 6.92 Å². The normalized spacial score (nSPS) is 12.8. The molecule has 2 atom stereocenters. The lowest BCUT2D eigenvalue weighted by Gasteiger charge is -2.26. The summed E-state index contributed by atoms with van der Waals surface area (Å²) >= 11 is 5.99. The number of aryl methyl sites for hydroxylation is 1. The van der Waals surface area contributed by atoms with Gasteiger partial charge in [0.25, 0.3) is 11.8 Å². The van der Waals surface area contributed by atoms with Gasteiger partial charge in [-0.25, -0.2) is 15.0 Å². The molecule has 0 spiro atoms. The Kier molecular flexibility index (Phi) is 11.3. The van der Waals surface area contributed by atoms with Crippen LogP contribution >= 0.6 is 11.6 Å². The number of fused-ring (bicyclic) bond motifs is 2. The van der Waals surface area contributed by atoms with Gasteiger partial charge < -0.3 is 20.8 Å². The summed E-state index contributed by atoms with van der Waals surface area (Å²) in [5.74, 6) is -0.669. The number of carbonyl (C=O) groups excluding carboxylic acids is 2. The van der Waals surface area contributed by atoms with Gasteiger partial charge in [0.05, 0.1) is 40.0 Å². The molecule has 0 fully saturated rings. The molecule has 5 aromatic heterocycles. The van der Waals surface area contributed by atoms with E-state index in [1.165, 1.54) is 0 Å². The van der Waals surface area contributed by atoms with Crippen molar-refractivity contribution in [2.45, 2.75) is 71.8 Å². The largest absolute Gasteiger partial charge is 0.388 e. The molecule has 1 aromatic carbocycles. The Morgan fingerprint density at radius 3 is 1.63 bits per heavy atom. The summed E-state index contributed by atoms with van der Waals surface area (Å²) in [6, 6.07) is 19.4. The lowest BCUT2D eigenvalue weighted by atomic mass is 9.99. The van der Waals surface area contributed by atoms with Crippen LogP contribution in [0.1, 0.15) is 68.1 Å². The predicted octanol–water partition coefficient (Wildman–Crippen LogP) is 6.73. The second kappa shape index (κ2) is 15.5. The topological polar surface area (TPSA) is 163 Å². The first-order valence-electron chi connectivity index (χ1n) is 16.8. The number of carbonyl (C=O) groups is 2. The van der Waals surface area contributed by atoms with Crippen molar-refractivity contribution in [3.8, 4) is 22.4 Å². The Balaban J connectivity index is 0.000000201. The lowest BCUT2D eigenvalue weighted by molar-refractivity contribution is 0.0407. The van der Waals surface area contributed by atoms with E-state index in [4.69, 9.17) is 11.6 Å². The molecular formula is C40H42ClN7O4. The standard InChI is InChI=1S/C21H23N3O2.C19H19ClN4O2/c1-13-7-5-6-8-16(13)17-12-22-11-15-9-10-18(24-19(15)17)20(25)23-14(2)21(3,4)26;1-11(19(2,3)26)22-18(25)15-8-7-12-9-21-10-13(17(12)24-15)14-5-4-6-16(20)23-14/h5-12,14,26H,1-4H3,(H,23,25);4-11,26H,1-3H3,(H,22,25). The number of rotatable bonds is 8. The minimum Gasteiger partial charge on any atom is -0.388 e. The summed E-state index contributed by atoms with van der Waals surface area (Å²) in [7, 11) is 0. The molecule has 12 heteroatoms. The van der Waals surface area contributed by atoms with Crippen LogP contribution in [-0.2, 0) is 0 Å². The van der Waals surface area contributed by atoms with Gasteiger partial charge >= 0.3 is 0 Å². The van der Waals surface area contributed by atoms with Crippen LogP contribution in [0.25, 0.3) is 44.2 Å². The van der Waals surface area contributed by atoms with E-state index in [2.05, 4.69) is 35.6 Å². The zero-order chi connectivity index (χ0) is 37.8. The fraction of sp³-hybridized carbons (Fsp3) is 0.275. The number of hydrogen-bond acceptors (Lipinski definition) is 9. The average Bonchev–Trinajstić information content (AvgIpc) is 3.10. The molecule has 52 heavy (non-hydrogen) atoms. The lowest BCUT2D eigenvalue weighted by Crippen LogP contribution is -2.47. The quantitative estimate of drug-likeness (QED) is 0.125. The molecule has 0 aliphatic heterocycles. The third kappa shape index (κ3) is 8.92. The minimum atomic E-state index is -1.04. The molecule has 0 radical (unpaired) electrons. The smallest absolute Gasteiger partial charge is 0.270 e. The number of nitrogens with one attached hydrogen (secondary N) is 2. The molecule has 0 bridgehead atoms. The molecule has 2 unspecified atom stereocenters. The van der Waals surface area contributed by atoms with Crippen molar-refractivity contribution in [2.75, 3.05) is 0 Å². The summed E-state index contributed by atoms with van der Waals surface area (Å²) < 4.78 is 0. The van der Waals surface area contributed by atoms with Crippen LogP contribution in [0.3, 0.4) is 0 Å². The van der Waals surface area contributed by atoms with E-state index in [0.717, 1.165) is 33.0 Å². The number of aromatic nitrogens is 5. The molecule has 0 saturated heterocycles. The first-order chi connectivity index (χ1) is 24.5. The molecular weight excluding hydrogens is 678 g/mol. The Morgan fingerprint density at radius 2 is 1.13 bits per heavy atom. The Bertz CT molecular complexity index is 2250. The van der Waals surface area contributed by atoms with Gasteiger partial charge in [0.15, 0.2) is 0 Å². The summed E-state index contributed by atoms with van der Waals surface area (Å²) in [5, 5.41) is 27.6. The third-order valence-electron chi connectivity index (χ3n) is 8.90. The van der Waals surface area contributed by atoms with Crippen LogP contribution in [0.15, 0.2) is 91.5 Å². The first-order valence-corrected chi connectivity index (χ1v) is 17.2. The highest BCUT2D eigenvalue weighted by Gasteiger charge is 2.26. The van der Waals surface area contributed by atoms with E-state index in [9.17, 15) is 19.8 Å². The number of aliphatic hydroxyl groups is 2. The maximum absolute atomic E-state index is 12.6. The first kappa shape index (κ1) is 37.9. The van der Waals surface area contributed by atoms with Gasteiger partial charge in [-0.2, -0.15) is 0 Å². The molecule has 0 aliphatic carbocycles. The highest BCUT2D eigenvalue weighted by molar-refractivity contribution is 6.29. The molecule has 268 valence electrons. The molecule has 2 amide bonds. The molecule has 0 aliphatic rings. The monoisotopic (exact) mass is 719 g/mol. The summed E-state index contributed by atoms with van der Waals surface area (Å²) in [6.07, 6.45) is 6.84. The van der Waals surface area contributed by atoms with Crippen molar-refractivity contribution in [1.29, 1.82) is 0 Å². The van der Waals surface area contributed by atoms with Crippen molar-refractivity contribution in [2.24, 2.45) is 0 Å². The zero-order valence-corrected chi connectivity index (χ0v) is 30.9. The van der Waals surface area contributed by atoms with Crippen LogP contribution in [-0.4, -0.2) is 70.2 Å². The van der Waals surface area contributed by atoms with Gasteiger partial charge in [0.1, 0.15) is 16.5 Å². The van der Waals surface area contributed by atoms with Gasteiger partial charge in [-0.05, 0) is 96.0 Å². The number of nitrogens with zero attached hydrogens (tertiary/aromatic N) is 5. The summed E-state index contributed by atoms with van der Waals surface area (Å²) in [4.78, 5) is 47.0. The van der Waals surface area contributed by atoms with Gasteiger partial charge in [0.2, 0.25) is 0 Å². The molecule has 6 aromatic rings. The van der Waals surface area contributed by atoms with Gasteiger partial charge in [-0.3, -0.25) is 19.6 Å². The average molecular weight is 720 g/mol. The second-order valence-electron chi connectivity index (χ2n) is 13.8. The third-order valence-corrected chi connectivity index (χ3v) is 9.11. The molecule has 4 N–H and O–H groups in total. The zero-order valence-electron chi connectivity index (χ0n) is 30.1. The minimum absolute atomic E-state index is 0.253. The van der Waals surface area contributed by atoms with E-state index in [1.807, 2.05) is 43.3 Å². The Hall–Kier alpha value is -5.36. The Labute approximate surface area is 307 Å². The van der Waals surface area contributed by atoms with Crippen molar-refractivity contribution in [1.82, 2.24) is 35.6 Å². The second-order valence-corrected chi connectivity index (χ2v) is 14.2. The number of amides is 2. The van der Waals surface area contributed by atoms with Gasteiger partial charge in [-0.15, -0.1) is 0 Å². The van der Waals surface area contributed by atoms with Crippen LogP contribution < -0.4 is 10.6 Å². The van der Waals surface area contributed by atoms with E-state index >= 15 is 0 Å². The maximum Gasteiger partial charge on any atom is 0.270 e. The van der Waals surface area contributed by atoms with Crippen molar-refractivity contribution < 1.29 is 19.8 Å². The maximum atomic E-state index is 12.6. The van der Waals surface area contributed by atoms with Crippen LogP contribution in [0.5, 0.6) is 0 Å². The van der Waals surface area contributed by atoms with Crippen LogP contribution in [0.2, 0.25) is 5.15 Å². The number of halogens is 1. The number of pyridine rings is 5. The number of hydrogen-bond donors (Lipinski definition) is 4. The van der Waals surface area contributed by atoms with E-state index in [1.54, 1.807) is 96.7 Å². The Morgan fingerprint density at radius 1 is 0.635 bits per heavy atom. The number of benzene rings is 1. The SMILES string of the molecule is CC(NC(=O)c1ccc2cncc(-c3cccc(Cl)n3)c2n1)C(C)(C)O.Cc1ccccc1-c1cncc2ccc(C(=O)NC(C)C(C)(C)O)nc12. The van der Waals surface area contributed by atoms with E-state index in [0.29, 0.717) is 27.6 Å². The molecule has 5 heterocycles. The van der Waals surface area contributed by atoms with Crippen molar-refractivity contribution in [3.63, 3.8) is 0 Å². The van der Waals surface area contributed by atoms with E-state index in [-0.39, 0.29) is 17.5 Å². The van der Waals surface area contributed by atoms with Gasteiger partial charge in [0, 0.05) is 46.7 Å². The fourth-order valence-corrected chi connectivity index (χ4v) is 5.22. The van der Waals surface area contributed by atoms with Gasteiger partial charge in [-0.1, -0.05) is 41.9 Å². The van der Waals surface area contributed by atoms with Crippen molar-refractivity contribution in [3.05, 3.63) is 114 Å². The highest BCUT2D eigenvalue weighted by atomic mass is 35.5. The van der Waals surface area contributed by atoms with E-state index < -0.39 is 23.3 Å².